The highest BCUT2D eigenvalue weighted by Gasteiger charge is 2.12. The molecule has 1 N–H and O–H groups in total. The summed E-state index contributed by atoms with van der Waals surface area (Å²) in [6.45, 7) is 6.79. The van der Waals surface area contributed by atoms with E-state index in [-0.39, 0.29) is 17.9 Å². The summed E-state index contributed by atoms with van der Waals surface area (Å²) in [4.78, 5) is 11.7. The molecule has 0 fully saturated rings. The monoisotopic (exact) mass is 296 g/mol. The number of amides is 1. The van der Waals surface area contributed by atoms with Crippen LogP contribution in [0.1, 0.15) is 31.9 Å². The molecule has 2 aromatic rings. The van der Waals surface area contributed by atoms with Crippen LogP contribution in [0.15, 0.2) is 60.0 Å². The van der Waals surface area contributed by atoms with Crippen LogP contribution in [0.3, 0.4) is 0 Å². The summed E-state index contributed by atoms with van der Waals surface area (Å²) in [6, 6.07) is 13.9. The van der Waals surface area contributed by atoms with Gasteiger partial charge in [-0.3, -0.25) is 4.79 Å². The van der Waals surface area contributed by atoms with Crippen molar-refractivity contribution in [3.63, 3.8) is 0 Å². The first kappa shape index (κ1) is 15.9. The number of hydrogen-bond donors (Lipinski definition) is 1. The number of benzene rings is 1. The van der Waals surface area contributed by atoms with Crippen molar-refractivity contribution in [3.05, 3.63) is 66.0 Å². The van der Waals surface area contributed by atoms with Crippen LogP contribution in [0.5, 0.6) is 0 Å². The smallest absolute Gasteiger partial charge is 0.266 e. The minimum atomic E-state index is -0.154. The lowest BCUT2D eigenvalue weighted by Crippen LogP contribution is -2.40. The molecule has 0 aliphatic heterocycles. The number of nitrogens with zero attached hydrogens (tertiary/aromatic N) is 2. The lowest BCUT2D eigenvalue weighted by molar-refractivity contribution is -0.684. The molecule has 0 aliphatic rings. The van der Waals surface area contributed by atoms with Gasteiger partial charge in [0.1, 0.15) is 0 Å². The van der Waals surface area contributed by atoms with Crippen LogP contribution in [-0.2, 0) is 16.8 Å². The van der Waals surface area contributed by atoms with Crippen LogP contribution in [0.25, 0.3) is 0 Å². The van der Waals surface area contributed by atoms with Crippen LogP contribution in [-0.4, -0.2) is 12.1 Å². The summed E-state index contributed by atoms with van der Waals surface area (Å²) in [7, 11) is 0. The maximum atomic E-state index is 11.7. The molecule has 114 valence electrons. The van der Waals surface area contributed by atoms with Gasteiger partial charge in [-0.1, -0.05) is 51.1 Å². The first-order valence-corrected chi connectivity index (χ1v) is 7.32. The van der Waals surface area contributed by atoms with Gasteiger partial charge in [0, 0.05) is 12.1 Å². The Morgan fingerprint density at radius 3 is 2.36 bits per heavy atom. The molecule has 4 nitrogen and oxygen atoms in total. The van der Waals surface area contributed by atoms with Crippen LogP contribution in [0, 0.1) is 0 Å². The highest BCUT2D eigenvalue weighted by atomic mass is 16.2. The van der Waals surface area contributed by atoms with Crippen molar-refractivity contribution in [1.82, 2.24) is 5.43 Å². The van der Waals surface area contributed by atoms with Gasteiger partial charge in [-0.05, 0) is 16.5 Å². The Morgan fingerprint density at radius 1 is 1.14 bits per heavy atom. The summed E-state index contributed by atoms with van der Waals surface area (Å²) >= 11 is 0. The maximum Gasteiger partial charge on any atom is 0.305 e. The van der Waals surface area contributed by atoms with Gasteiger partial charge in [0.05, 0.1) is 6.21 Å². The average Bonchev–Trinajstić information content (AvgIpc) is 2.48. The van der Waals surface area contributed by atoms with E-state index in [0.29, 0.717) is 0 Å². The van der Waals surface area contributed by atoms with Gasteiger partial charge in [-0.25, -0.2) is 5.43 Å². The third-order valence-corrected chi connectivity index (χ3v) is 3.28. The molecule has 2 rings (SSSR count). The van der Waals surface area contributed by atoms with E-state index < -0.39 is 0 Å². The molecule has 1 aromatic carbocycles. The highest BCUT2D eigenvalue weighted by molar-refractivity contribution is 5.82. The van der Waals surface area contributed by atoms with E-state index in [4.69, 9.17) is 0 Å². The molecule has 22 heavy (non-hydrogen) atoms. The molecule has 0 spiro atoms. The molecule has 1 amide bonds. The fourth-order valence-corrected chi connectivity index (χ4v) is 1.99. The number of nitrogens with one attached hydrogen (secondary N) is 1. The molecule has 0 saturated carbocycles. The van der Waals surface area contributed by atoms with Crippen molar-refractivity contribution in [2.75, 3.05) is 0 Å². The molecule has 1 heterocycles. The molecule has 4 heteroatoms. The minimum Gasteiger partial charge on any atom is -0.266 e. The van der Waals surface area contributed by atoms with Gasteiger partial charge in [-0.2, -0.15) is 9.67 Å². The summed E-state index contributed by atoms with van der Waals surface area (Å²) in [5.41, 5.74) is 4.90. The van der Waals surface area contributed by atoms with Crippen LogP contribution in [0.2, 0.25) is 0 Å². The van der Waals surface area contributed by atoms with Crippen LogP contribution in [0.4, 0.5) is 0 Å². The highest BCUT2D eigenvalue weighted by Crippen LogP contribution is 2.21. The van der Waals surface area contributed by atoms with Gasteiger partial charge in [0.15, 0.2) is 12.4 Å². The van der Waals surface area contributed by atoms with Crippen LogP contribution < -0.4 is 9.99 Å². The maximum absolute atomic E-state index is 11.7. The number of carbonyl (C=O) groups excluding carboxylic acids is 1. The molecule has 1 aromatic heterocycles. The Morgan fingerprint density at radius 2 is 1.77 bits per heavy atom. The molecule has 0 bridgehead atoms. The van der Waals surface area contributed by atoms with Gasteiger partial charge in [0.25, 0.3) is 0 Å². The Labute approximate surface area is 131 Å². The zero-order chi connectivity index (χ0) is 16.0. The van der Waals surface area contributed by atoms with E-state index in [1.165, 1.54) is 5.56 Å². The molecule has 0 unspecified atom stereocenters. The SMILES string of the molecule is CC(C)(C)c1ccc(/C=N\NC(=O)C[n+]2ccccc2)cc1. The van der Waals surface area contributed by atoms with E-state index in [9.17, 15) is 4.79 Å². The molecule has 0 radical (unpaired) electrons. The number of hydrogen-bond acceptors (Lipinski definition) is 2. The average molecular weight is 296 g/mol. The van der Waals surface area contributed by atoms with Crippen molar-refractivity contribution in [3.8, 4) is 0 Å². The van der Waals surface area contributed by atoms with Crippen molar-refractivity contribution in [2.24, 2.45) is 5.10 Å². The van der Waals surface area contributed by atoms with Gasteiger partial charge >= 0.3 is 5.91 Å². The van der Waals surface area contributed by atoms with Crippen molar-refractivity contribution >= 4 is 12.1 Å². The Bertz CT molecular complexity index is 640. The quantitative estimate of drug-likeness (QED) is 0.526. The molecule has 0 aliphatic carbocycles. The minimum absolute atomic E-state index is 0.136. The summed E-state index contributed by atoms with van der Waals surface area (Å²) in [5.74, 6) is -0.154. The Balaban J connectivity index is 1.88. The number of aromatic nitrogens is 1. The summed E-state index contributed by atoms with van der Waals surface area (Å²) in [6.07, 6.45) is 5.34. The topological polar surface area (TPSA) is 45.3 Å². The normalized spacial score (nSPS) is 11.6. The van der Waals surface area contributed by atoms with Crippen molar-refractivity contribution in [1.29, 1.82) is 0 Å². The Hall–Kier alpha value is -2.49. The Kier molecular flexibility index (Phi) is 5.04. The molecule has 0 atom stereocenters. The summed E-state index contributed by atoms with van der Waals surface area (Å²) in [5, 5.41) is 3.99. The zero-order valence-electron chi connectivity index (χ0n) is 13.3. The fourth-order valence-electron chi connectivity index (χ4n) is 1.99. The lowest BCUT2D eigenvalue weighted by Gasteiger charge is -2.18. The second-order valence-corrected chi connectivity index (χ2v) is 6.21. The zero-order valence-corrected chi connectivity index (χ0v) is 13.3. The summed E-state index contributed by atoms with van der Waals surface area (Å²) < 4.78 is 1.79. The van der Waals surface area contributed by atoms with E-state index in [1.54, 1.807) is 10.8 Å². The molecular weight excluding hydrogens is 274 g/mol. The number of pyridine rings is 1. The predicted octanol–water partition coefficient (Wildman–Crippen LogP) is 2.42. The number of rotatable bonds is 4. The van der Waals surface area contributed by atoms with E-state index in [1.807, 2.05) is 42.7 Å². The molecule has 0 saturated heterocycles. The van der Waals surface area contributed by atoms with E-state index in [0.717, 1.165) is 5.56 Å². The molecular formula is C18H22N3O+. The first-order valence-electron chi connectivity index (χ1n) is 7.32. The first-order chi connectivity index (χ1) is 10.4. The van der Waals surface area contributed by atoms with E-state index >= 15 is 0 Å². The number of hydrazone groups is 1. The van der Waals surface area contributed by atoms with Crippen molar-refractivity contribution < 1.29 is 9.36 Å². The van der Waals surface area contributed by atoms with Crippen LogP contribution >= 0.6 is 0 Å². The second kappa shape index (κ2) is 6.98. The van der Waals surface area contributed by atoms with Gasteiger partial charge in [0.2, 0.25) is 6.54 Å². The largest absolute Gasteiger partial charge is 0.305 e. The fraction of sp³-hybridized carbons (Fsp3) is 0.278. The standard InChI is InChI=1S/C18H21N3O/c1-18(2,3)16-9-7-15(8-10-16)13-19-20-17(22)14-21-11-5-4-6-12-21/h4-13H,14H2,1-3H3/p+1/b19-13-. The van der Waals surface area contributed by atoms with Gasteiger partial charge < -0.3 is 0 Å². The van der Waals surface area contributed by atoms with Crippen molar-refractivity contribution in [2.45, 2.75) is 32.7 Å². The predicted molar refractivity (Wildman–Crippen MR) is 87.5 cm³/mol. The second-order valence-electron chi connectivity index (χ2n) is 6.21. The van der Waals surface area contributed by atoms with Gasteiger partial charge in [-0.15, -0.1) is 0 Å². The third kappa shape index (κ3) is 4.81. The third-order valence-electron chi connectivity index (χ3n) is 3.28. The lowest BCUT2D eigenvalue weighted by atomic mass is 9.87. The van der Waals surface area contributed by atoms with E-state index in [2.05, 4.69) is 43.4 Å². The number of carbonyl (C=O) groups is 1.